The zero-order valence-electron chi connectivity index (χ0n) is 17.5. The summed E-state index contributed by atoms with van der Waals surface area (Å²) in [5.41, 5.74) is 0.532. The first-order valence-corrected chi connectivity index (χ1v) is 11.7. The summed E-state index contributed by atoms with van der Waals surface area (Å²) < 4.78 is 0. The van der Waals surface area contributed by atoms with E-state index in [4.69, 9.17) is 0 Å². The topological polar surface area (TPSA) is 90.5 Å². The molecule has 3 amide bonds. The zero-order valence-corrected chi connectivity index (χ0v) is 18.3. The number of rotatable bonds is 7. The molecule has 0 spiro atoms. The third kappa shape index (κ3) is 5.55. The Labute approximate surface area is 182 Å². The Kier molecular flexibility index (Phi) is 8.16. The summed E-state index contributed by atoms with van der Waals surface area (Å²) in [6, 6.07) is 0.224. The van der Waals surface area contributed by atoms with Gasteiger partial charge in [-0.25, -0.2) is 0 Å². The van der Waals surface area contributed by atoms with E-state index in [-0.39, 0.29) is 36.3 Å². The molecular formula is C22H32N4O3S. The van der Waals surface area contributed by atoms with Crippen LogP contribution in [0.15, 0.2) is 35.9 Å². The molecule has 2 aliphatic heterocycles. The van der Waals surface area contributed by atoms with E-state index in [2.05, 4.69) is 29.1 Å². The van der Waals surface area contributed by atoms with Crippen LogP contribution in [0.4, 0.5) is 0 Å². The summed E-state index contributed by atoms with van der Waals surface area (Å²) >= 11 is 1.18. The van der Waals surface area contributed by atoms with E-state index in [1.54, 1.807) is 12.2 Å². The third-order valence-corrected chi connectivity index (χ3v) is 7.13. The fraction of sp³-hybridized carbons (Fsp3) is 0.591. The van der Waals surface area contributed by atoms with Crippen LogP contribution in [0.5, 0.6) is 0 Å². The Morgan fingerprint density at radius 3 is 2.33 bits per heavy atom. The first-order chi connectivity index (χ1) is 14.5. The molecule has 1 saturated heterocycles. The molecule has 2 heterocycles. The first-order valence-electron chi connectivity index (χ1n) is 10.8. The largest absolute Gasteiger partial charge is 0.352 e. The maximum atomic E-state index is 13.2. The third-order valence-electron chi connectivity index (χ3n) is 5.85. The number of carbonyl (C=O) groups excluding carboxylic acids is 3. The summed E-state index contributed by atoms with van der Waals surface area (Å²) in [4.78, 5) is 40.8. The molecule has 3 N–H and O–H groups in total. The van der Waals surface area contributed by atoms with Gasteiger partial charge in [0.05, 0.1) is 5.70 Å². The number of hydrogen-bond donors (Lipinski definition) is 3. The number of piperidine rings is 1. The minimum atomic E-state index is -0.931. The van der Waals surface area contributed by atoms with Crippen molar-refractivity contribution in [1.29, 1.82) is 0 Å². The van der Waals surface area contributed by atoms with Gasteiger partial charge in [-0.05, 0) is 44.8 Å². The van der Waals surface area contributed by atoms with Crippen molar-refractivity contribution >= 4 is 29.5 Å². The van der Waals surface area contributed by atoms with Crippen molar-refractivity contribution < 1.29 is 14.4 Å². The average molecular weight is 433 g/mol. The van der Waals surface area contributed by atoms with Crippen LogP contribution in [0, 0.1) is 0 Å². The maximum absolute atomic E-state index is 13.2. The Morgan fingerprint density at radius 1 is 1.03 bits per heavy atom. The molecule has 1 unspecified atom stereocenters. The van der Waals surface area contributed by atoms with Crippen molar-refractivity contribution in [3.05, 3.63) is 35.9 Å². The first kappa shape index (κ1) is 22.6. The Hall–Kier alpha value is -2.06. The SMILES string of the molecule is C=CC1=C(C=C)N(CC(=O)NC2CCCCC2)C(=O)C(C(=O)NC2CCNCC2)S1. The van der Waals surface area contributed by atoms with E-state index in [0.717, 1.165) is 51.6 Å². The van der Waals surface area contributed by atoms with Gasteiger partial charge >= 0.3 is 0 Å². The molecule has 3 rings (SSSR count). The van der Waals surface area contributed by atoms with Crippen LogP contribution >= 0.6 is 11.8 Å². The molecule has 30 heavy (non-hydrogen) atoms. The highest BCUT2D eigenvalue weighted by Gasteiger charge is 2.39. The van der Waals surface area contributed by atoms with E-state index < -0.39 is 5.25 Å². The van der Waals surface area contributed by atoms with Gasteiger partial charge in [0.1, 0.15) is 6.54 Å². The molecule has 0 radical (unpaired) electrons. The number of hydrogen-bond acceptors (Lipinski definition) is 5. The number of carbonyl (C=O) groups is 3. The van der Waals surface area contributed by atoms with Gasteiger partial charge in [0.25, 0.3) is 5.91 Å². The molecule has 8 heteroatoms. The number of nitrogens with one attached hydrogen (secondary N) is 3. The van der Waals surface area contributed by atoms with E-state index >= 15 is 0 Å². The van der Waals surface area contributed by atoms with Crippen LogP contribution < -0.4 is 16.0 Å². The maximum Gasteiger partial charge on any atom is 0.250 e. The lowest BCUT2D eigenvalue weighted by molar-refractivity contribution is -0.137. The van der Waals surface area contributed by atoms with Crippen LogP contribution in [-0.4, -0.2) is 59.6 Å². The van der Waals surface area contributed by atoms with Crippen LogP contribution in [0.1, 0.15) is 44.9 Å². The van der Waals surface area contributed by atoms with Gasteiger partial charge in [0, 0.05) is 17.0 Å². The molecule has 2 fully saturated rings. The molecule has 0 aromatic rings. The highest BCUT2D eigenvalue weighted by Crippen LogP contribution is 2.35. The van der Waals surface area contributed by atoms with Crippen LogP contribution in [0.25, 0.3) is 0 Å². The molecule has 1 aliphatic carbocycles. The van der Waals surface area contributed by atoms with Gasteiger partial charge in [-0.1, -0.05) is 38.5 Å². The smallest absolute Gasteiger partial charge is 0.250 e. The number of thioether (sulfide) groups is 1. The molecule has 0 aromatic heterocycles. The molecule has 0 aromatic carbocycles. The molecule has 1 saturated carbocycles. The molecule has 1 atom stereocenters. The molecular weight excluding hydrogens is 400 g/mol. The number of amides is 3. The van der Waals surface area contributed by atoms with Gasteiger partial charge in [0.2, 0.25) is 11.8 Å². The second-order valence-corrected chi connectivity index (χ2v) is 9.16. The predicted octanol–water partition coefficient (Wildman–Crippen LogP) is 1.83. The summed E-state index contributed by atoms with van der Waals surface area (Å²) in [7, 11) is 0. The quantitative estimate of drug-likeness (QED) is 0.534. The van der Waals surface area contributed by atoms with Crippen molar-refractivity contribution in [3.8, 4) is 0 Å². The van der Waals surface area contributed by atoms with Gasteiger partial charge in [-0.15, -0.1) is 11.8 Å². The Bertz CT molecular complexity index is 724. The average Bonchev–Trinajstić information content (AvgIpc) is 2.76. The molecule has 7 nitrogen and oxygen atoms in total. The van der Waals surface area contributed by atoms with Crippen molar-refractivity contribution in [3.63, 3.8) is 0 Å². The predicted molar refractivity (Wildman–Crippen MR) is 120 cm³/mol. The Morgan fingerprint density at radius 2 is 1.70 bits per heavy atom. The number of allylic oxidation sites excluding steroid dienone is 2. The number of nitrogens with zero attached hydrogens (tertiary/aromatic N) is 1. The fourth-order valence-electron chi connectivity index (χ4n) is 4.23. The van der Waals surface area contributed by atoms with Crippen LogP contribution in [0.3, 0.4) is 0 Å². The van der Waals surface area contributed by atoms with Crippen molar-refractivity contribution in [2.24, 2.45) is 0 Å². The summed E-state index contributed by atoms with van der Waals surface area (Å²) in [6.07, 6.45) is 10.2. The second-order valence-electron chi connectivity index (χ2n) is 8.02. The van der Waals surface area contributed by atoms with Crippen molar-refractivity contribution in [1.82, 2.24) is 20.9 Å². The normalized spacial score (nSPS) is 23.8. The zero-order chi connectivity index (χ0) is 21.5. The summed E-state index contributed by atoms with van der Waals surface area (Å²) in [5, 5.41) is 8.38. The van der Waals surface area contributed by atoms with Crippen molar-refractivity contribution in [2.75, 3.05) is 19.6 Å². The lowest BCUT2D eigenvalue weighted by Gasteiger charge is -2.34. The highest BCUT2D eigenvalue weighted by atomic mass is 32.2. The lowest BCUT2D eigenvalue weighted by Crippen LogP contribution is -2.53. The lowest BCUT2D eigenvalue weighted by atomic mass is 9.95. The van der Waals surface area contributed by atoms with E-state index in [9.17, 15) is 14.4 Å². The van der Waals surface area contributed by atoms with Gasteiger partial charge < -0.3 is 20.9 Å². The highest BCUT2D eigenvalue weighted by molar-refractivity contribution is 8.05. The second kappa shape index (κ2) is 10.8. The van der Waals surface area contributed by atoms with E-state index in [0.29, 0.717) is 10.6 Å². The molecule has 164 valence electrons. The molecule has 3 aliphatic rings. The van der Waals surface area contributed by atoms with Crippen LogP contribution in [0.2, 0.25) is 0 Å². The standard InChI is InChI=1S/C22H32N4O3S/c1-3-17-18(4-2)30-20(21(28)25-16-10-12-23-13-11-16)22(29)26(17)14-19(27)24-15-8-6-5-7-9-15/h3-4,15-16,20,23H,1-2,5-14H2,(H,24,27)(H,25,28). The Balaban J connectivity index is 1.71. The molecule has 0 bridgehead atoms. The minimum absolute atomic E-state index is 0.0622. The van der Waals surface area contributed by atoms with E-state index in [1.165, 1.54) is 23.1 Å². The van der Waals surface area contributed by atoms with Gasteiger partial charge in [-0.2, -0.15) is 0 Å². The fourth-order valence-corrected chi connectivity index (χ4v) is 5.30. The minimum Gasteiger partial charge on any atom is -0.352 e. The van der Waals surface area contributed by atoms with Gasteiger partial charge in [0.15, 0.2) is 5.25 Å². The summed E-state index contributed by atoms with van der Waals surface area (Å²) in [5.74, 6) is -0.898. The summed E-state index contributed by atoms with van der Waals surface area (Å²) in [6.45, 7) is 9.20. The monoisotopic (exact) mass is 432 g/mol. The van der Waals surface area contributed by atoms with E-state index in [1.807, 2.05) is 0 Å². The van der Waals surface area contributed by atoms with Gasteiger partial charge in [-0.3, -0.25) is 14.4 Å². The van der Waals surface area contributed by atoms with Crippen molar-refractivity contribution in [2.45, 2.75) is 62.3 Å². The van der Waals surface area contributed by atoms with Crippen LogP contribution in [-0.2, 0) is 14.4 Å².